The Morgan fingerprint density at radius 1 is 1.00 bits per heavy atom. The fourth-order valence-corrected chi connectivity index (χ4v) is 0.785. The van der Waals surface area contributed by atoms with Crippen LogP contribution in [0.25, 0.3) is 0 Å². The van der Waals surface area contributed by atoms with Crippen molar-refractivity contribution in [1.82, 2.24) is 0 Å². The molecule has 0 aliphatic rings. The van der Waals surface area contributed by atoms with E-state index in [1.807, 2.05) is 0 Å². The molecule has 0 heterocycles. The molecule has 0 fully saturated rings. The first-order chi connectivity index (χ1) is 4.72. The van der Waals surface area contributed by atoms with E-state index in [9.17, 15) is 9.59 Å². The second kappa shape index (κ2) is 6.03. The van der Waals surface area contributed by atoms with Gasteiger partial charge in [-0.15, -0.1) is 0 Å². The number of rotatable bonds is 2. The molecule has 0 saturated heterocycles. The van der Waals surface area contributed by atoms with Crippen LogP contribution in [0.4, 0.5) is 0 Å². The van der Waals surface area contributed by atoms with E-state index in [1.54, 1.807) is 0 Å². The Bertz CT molecular complexity index is 123. The van der Waals surface area contributed by atoms with Gasteiger partial charge in [-0.05, 0) is 0 Å². The normalized spacial score (nSPS) is 7.80. The number of carbonyl (C=O) groups is 2. The van der Waals surface area contributed by atoms with E-state index >= 15 is 0 Å². The van der Waals surface area contributed by atoms with E-state index in [1.165, 1.54) is 0 Å². The summed E-state index contributed by atoms with van der Waals surface area (Å²) in [5, 5.41) is 0. The van der Waals surface area contributed by atoms with Gasteiger partial charge >= 0.3 is 76.2 Å². The molecule has 0 aliphatic carbocycles. The fourth-order valence-electron chi connectivity index (χ4n) is 0.190. The molecule has 8 heteroatoms. The van der Waals surface area contributed by atoms with Crippen LogP contribution in [-0.4, -0.2) is 11.9 Å². The van der Waals surface area contributed by atoms with Gasteiger partial charge in [0.25, 0.3) is 0 Å². The van der Waals surface area contributed by atoms with E-state index < -0.39 is 51.5 Å². The summed E-state index contributed by atoms with van der Waals surface area (Å²) in [6, 6.07) is 0. The Kier molecular flexibility index (Phi) is 6.20. The summed E-state index contributed by atoms with van der Waals surface area (Å²) in [5.41, 5.74) is 0. The molecule has 6 nitrogen and oxygen atoms in total. The van der Waals surface area contributed by atoms with Gasteiger partial charge in [-0.1, -0.05) is 0 Å². The molecule has 4 N–H and O–H groups in total. The molecule has 0 aromatic heterocycles. The molecule has 10 heavy (non-hydrogen) atoms. The van der Waals surface area contributed by atoms with Crippen molar-refractivity contribution in [2.45, 2.75) is 0 Å². The van der Waals surface area contributed by atoms with Crippen LogP contribution < -0.4 is 8.43 Å². The summed E-state index contributed by atoms with van der Waals surface area (Å²) in [4.78, 5) is 20.7. The Hall–Kier alpha value is 0.289. The summed E-state index contributed by atoms with van der Waals surface area (Å²) < 4.78 is 18.3. The van der Waals surface area contributed by atoms with Crippen molar-refractivity contribution in [3.63, 3.8) is 0 Å². The predicted molar refractivity (Wildman–Crippen MR) is 20.6 cm³/mol. The molecule has 54 valence electrons. The molecule has 0 rings (SSSR count). The van der Waals surface area contributed by atoms with Crippen molar-refractivity contribution < 1.29 is 55.8 Å². The first-order valence-corrected chi connectivity index (χ1v) is 5.13. The van der Waals surface area contributed by atoms with Gasteiger partial charge in [0.05, 0.1) is 0 Å². The fraction of sp³-hybridized carbons (Fsp3) is 0. The first-order valence-electron chi connectivity index (χ1n) is 2.05. The van der Waals surface area contributed by atoms with Crippen molar-refractivity contribution >= 4 is 11.9 Å². The molecular formula is C2H4N2O4Ti2. The molecule has 0 atom stereocenters. The zero-order chi connectivity index (χ0) is 7.98. The summed E-state index contributed by atoms with van der Waals surface area (Å²) in [6.07, 6.45) is 0. The van der Waals surface area contributed by atoms with Crippen molar-refractivity contribution in [2.24, 2.45) is 8.43 Å². The van der Waals surface area contributed by atoms with Crippen molar-refractivity contribution in [3.05, 3.63) is 0 Å². The maximum atomic E-state index is 10.4. The number of carbonyl (C=O) groups excluding carboxylic acids is 2. The van der Waals surface area contributed by atoms with Gasteiger partial charge in [0.15, 0.2) is 0 Å². The molecule has 0 amide bonds. The van der Waals surface area contributed by atoms with E-state index in [2.05, 4.69) is 6.64 Å². The third-order valence-corrected chi connectivity index (χ3v) is 1.42. The van der Waals surface area contributed by atoms with Crippen LogP contribution in [0.2, 0.25) is 0 Å². The third kappa shape index (κ3) is 4.16. The molecule has 0 aromatic carbocycles. The van der Waals surface area contributed by atoms with Crippen molar-refractivity contribution in [3.8, 4) is 0 Å². The molecule has 0 bridgehead atoms. The Balaban J connectivity index is 3.60. The monoisotopic (exact) mass is 216 g/mol. The SMILES string of the molecule is [NH2][Ti][O]C(=O)C(=O)[O][Ti][NH2]. The second-order valence-electron chi connectivity index (χ2n) is 1.01. The molecule has 0 radical (unpaired) electrons. The van der Waals surface area contributed by atoms with Crippen LogP contribution in [0.5, 0.6) is 0 Å². The second-order valence-corrected chi connectivity index (χ2v) is 2.39. The van der Waals surface area contributed by atoms with E-state index in [0.717, 1.165) is 0 Å². The maximum absolute atomic E-state index is 10.4. The predicted octanol–water partition coefficient (Wildman–Crippen LogP) is -2.18. The molecule has 0 aromatic rings. The topological polar surface area (TPSA) is 105 Å². The van der Waals surface area contributed by atoms with Gasteiger partial charge in [-0.2, -0.15) is 0 Å². The Morgan fingerprint density at radius 2 is 1.30 bits per heavy atom. The quantitative estimate of drug-likeness (QED) is 0.401. The average Bonchev–Trinajstić information content (AvgIpc) is 1.89. The van der Waals surface area contributed by atoms with E-state index in [0.29, 0.717) is 0 Å². The summed E-state index contributed by atoms with van der Waals surface area (Å²) >= 11 is -2.53. The van der Waals surface area contributed by atoms with Crippen LogP contribution in [-0.2, 0) is 55.8 Å². The summed E-state index contributed by atoms with van der Waals surface area (Å²) in [5.74, 6) is -2.09. The zero-order valence-corrected chi connectivity index (χ0v) is 7.91. The van der Waals surface area contributed by atoms with Gasteiger partial charge in [0, 0.05) is 0 Å². The molecule has 0 unspecified atom stereocenters. The van der Waals surface area contributed by atoms with Crippen LogP contribution in [0.1, 0.15) is 0 Å². The molecular weight excluding hydrogens is 212 g/mol. The van der Waals surface area contributed by atoms with Crippen molar-refractivity contribution in [1.29, 1.82) is 0 Å². The molecule has 0 saturated carbocycles. The minimum absolute atomic E-state index is 1.04. The average molecular weight is 216 g/mol. The number of nitrogens with two attached hydrogens (primary N) is 2. The van der Waals surface area contributed by atoms with Gasteiger partial charge < -0.3 is 0 Å². The molecule has 0 aliphatic heterocycles. The van der Waals surface area contributed by atoms with E-state index in [-0.39, 0.29) is 0 Å². The van der Waals surface area contributed by atoms with Crippen LogP contribution in [0, 0.1) is 0 Å². The zero-order valence-electron chi connectivity index (χ0n) is 4.79. The third-order valence-electron chi connectivity index (χ3n) is 0.470. The van der Waals surface area contributed by atoms with Gasteiger partial charge in [0.2, 0.25) is 0 Å². The number of hydrogen-bond donors (Lipinski definition) is 2. The minimum atomic E-state index is -1.27. The Morgan fingerprint density at radius 3 is 1.50 bits per heavy atom. The molecule has 0 spiro atoms. The van der Waals surface area contributed by atoms with Crippen LogP contribution in [0.3, 0.4) is 0 Å². The van der Waals surface area contributed by atoms with Crippen LogP contribution in [0.15, 0.2) is 0 Å². The first kappa shape index (κ1) is 10.3. The number of hydrogen-bond acceptors (Lipinski definition) is 6. The van der Waals surface area contributed by atoms with Gasteiger partial charge in [0.1, 0.15) is 0 Å². The summed E-state index contributed by atoms with van der Waals surface area (Å²) in [6.45, 7) is 0. The van der Waals surface area contributed by atoms with Crippen molar-refractivity contribution in [2.75, 3.05) is 0 Å². The van der Waals surface area contributed by atoms with Crippen LogP contribution >= 0.6 is 0 Å². The van der Waals surface area contributed by atoms with Gasteiger partial charge in [-0.25, -0.2) is 0 Å². The summed E-state index contributed by atoms with van der Waals surface area (Å²) in [7, 11) is 0. The Labute approximate surface area is 76.0 Å². The van der Waals surface area contributed by atoms with Gasteiger partial charge in [-0.3, -0.25) is 0 Å². The van der Waals surface area contributed by atoms with E-state index in [4.69, 9.17) is 8.43 Å². The standard InChI is InChI=1S/C2H2O4.2H2N.2Ti/c3-1(4)2(5)6;;;;/h(H,3,4)(H,5,6);2*1H2;;/q;2*-1;2*+2/p-2.